The van der Waals surface area contributed by atoms with Crippen LogP contribution in [0.5, 0.6) is 23.0 Å². The monoisotopic (exact) mass is 973 g/mol. The Labute approximate surface area is 437 Å². The van der Waals surface area contributed by atoms with Crippen LogP contribution in [-0.2, 0) is 51.4 Å². The summed E-state index contributed by atoms with van der Waals surface area (Å²) in [4.78, 5) is 0. The van der Waals surface area contributed by atoms with Crippen molar-refractivity contribution < 1.29 is 19.7 Å². The number of benzene rings is 6. The Bertz CT molecular complexity index is 2710. The fraction of sp³-hybridized carbons (Fsp3) is 0.478. The number of hydrogen-bond acceptors (Lipinski definition) is 4. The van der Waals surface area contributed by atoms with Crippen molar-refractivity contribution in [1.29, 1.82) is 0 Å². The van der Waals surface area contributed by atoms with Gasteiger partial charge in [0.15, 0.2) is 0 Å². The molecule has 0 radical (unpaired) electrons. The molecule has 0 heterocycles. The smallest absolute Gasteiger partial charge is 0.131 e. The van der Waals surface area contributed by atoms with Crippen LogP contribution in [0.3, 0.4) is 0 Å². The standard InChI is InChI=1S/C69H80O4/c1-44-37-58(68(70)60(39-44)66-52-29-13-9-25-48(52)41-49-26-10-14-30-53(49)66)56-33-17-19-35-62(56)72-64(46-21-5-3-6-22-46)43-65(47-23-7-4-8-24-47)73-63-36-20-18-34-57(63)59-38-45(2)40-61(69(59)71)67-54-31-15-11-27-50(54)42-51-28-12-16-32-55(51)67/h17-20,33-42,46-47,64-65,70-71H,3-16,21-32,43H2,1-2H3/t64-,65-/m0/s1. The molecule has 0 unspecified atom stereocenters. The van der Waals surface area contributed by atoms with E-state index in [9.17, 15) is 10.2 Å². The SMILES string of the molecule is Cc1cc(-c2ccccc2O[C@@H](C[C@H](Oc2ccccc2-c2cc(C)cc(-c3c4c(cc5c3CCCC5)CCCC4)c2O)C2CCCCC2)C2CCCCC2)c(O)c(-c2c3c(cc4c2CCCC4)CCCC3)c1. The zero-order valence-electron chi connectivity index (χ0n) is 44.2. The average Bonchev–Trinajstić information content (AvgIpc) is 3.43. The second-order valence-corrected chi connectivity index (χ2v) is 23.6. The van der Waals surface area contributed by atoms with Crippen molar-refractivity contribution in [2.24, 2.45) is 11.8 Å². The van der Waals surface area contributed by atoms with Gasteiger partial charge in [0.1, 0.15) is 35.2 Å². The molecular formula is C69H80O4. The molecule has 4 heteroatoms. The molecule has 2 saturated carbocycles. The second kappa shape index (κ2) is 21.4. The van der Waals surface area contributed by atoms with Crippen LogP contribution < -0.4 is 9.47 Å². The molecule has 6 aromatic carbocycles. The number of para-hydroxylation sites is 2. The Morgan fingerprint density at radius 3 is 1.08 bits per heavy atom. The van der Waals surface area contributed by atoms with E-state index in [1.165, 1.54) is 146 Å². The zero-order valence-corrected chi connectivity index (χ0v) is 44.2. The van der Waals surface area contributed by atoms with Gasteiger partial charge in [-0.15, -0.1) is 0 Å². The molecule has 2 atom stereocenters. The van der Waals surface area contributed by atoms with Crippen LogP contribution in [0.15, 0.2) is 84.9 Å². The molecule has 6 aromatic rings. The highest BCUT2D eigenvalue weighted by Gasteiger charge is 2.36. The highest BCUT2D eigenvalue weighted by Crippen LogP contribution is 2.51. The highest BCUT2D eigenvalue weighted by atomic mass is 16.5. The molecular weight excluding hydrogens is 893 g/mol. The maximum Gasteiger partial charge on any atom is 0.131 e. The van der Waals surface area contributed by atoms with Gasteiger partial charge in [-0.3, -0.25) is 0 Å². The average molecular weight is 973 g/mol. The van der Waals surface area contributed by atoms with Crippen LogP contribution in [0.1, 0.15) is 178 Å². The molecule has 0 spiro atoms. The quantitative estimate of drug-likeness (QED) is 0.128. The van der Waals surface area contributed by atoms with E-state index in [0.29, 0.717) is 23.3 Å². The van der Waals surface area contributed by atoms with E-state index in [4.69, 9.17) is 9.47 Å². The van der Waals surface area contributed by atoms with E-state index >= 15 is 0 Å². The Morgan fingerprint density at radius 1 is 0.384 bits per heavy atom. The van der Waals surface area contributed by atoms with E-state index in [1.54, 1.807) is 0 Å². The van der Waals surface area contributed by atoms with Crippen LogP contribution in [0.25, 0.3) is 44.5 Å². The predicted octanol–water partition coefficient (Wildman–Crippen LogP) is 17.6. The summed E-state index contributed by atoms with van der Waals surface area (Å²) in [5.41, 5.74) is 22.6. The third kappa shape index (κ3) is 9.75. The van der Waals surface area contributed by atoms with Gasteiger partial charge in [-0.2, -0.15) is 0 Å². The fourth-order valence-corrected chi connectivity index (χ4v) is 15.1. The van der Waals surface area contributed by atoms with E-state index in [-0.39, 0.29) is 12.2 Å². The summed E-state index contributed by atoms with van der Waals surface area (Å²) in [6, 6.07) is 31.1. The lowest BCUT2D eigenvalue weighted by Crippen LogP contribution is -2.38. The van der Waals surface area contributed by atoms with Crippen molar-refractivity contribution >= 4 is 0 Å². The Kier molecular flexibility index (Phi) is 14.2. The van der Waals surface area contributed by atoms with Gasteiger partial charge in [-0.1, -0.05) is 87.1 Å². The summed E-state index contributed by atoms with van der Waals surface area (Å²) in [5, 5.41) is 25.5. The van der Waals surface area contributed by atoms with Crippen LogP contribution in [-0.4, -0.2) is 22.4 Å². The van der Waals surface area contributed by atoms with Crippen molar-refractivity contribution in [3.05, 3.63) is 141 Å². The number of rotatable bonds is 12. The Balaban J connectivity index is 0.911. The van der Waals surface area contributed by atoms with E-state index in [0.717, 1.165) is 139 Å². The number of fused-ring (bicyclic) bond motifs is 4. The minimum absolute atomic E-state index is 0.0606. The third-order valence-electron chi connectivity index (χ3n) is 18.7. The molecule has 380 valence electrons. The molecule has 2 fully saturated rings. The third-order valence-corrected chi connectivity index (χ3v) is 18.7. The summed E-state index contributed by atoms with van der Waals surface area (Å²) in [6.07, 6.45) is 31.4. The summed E-state index contributed by atoms with van der Waals surface area (Å²) < 4.78 is 15.2. The molecule has 0 aromatic heterocycles. The Hall–Kier alpha value is -5.48. The first-order valence-electron chi connectivity index (χ1n) is 29.4. The van der Waals surface area contributed by atoms with Gasteiger partial charge in [0.25, 0.3) is 0 Å². The first-order valence-corrected chi connectivity index (χ1v) is 29.4. The van der Waals surface area contributed by atoms with Gasteiger partial charge in [-0.05, 0) is 257 Å². The van der Waals surface area contributed by atoms with Crippen LogP contribution in [0.4, 0.5) is 0 Å². The topological polar surface area (TPSA) is 58.9 Å². The van der Waals surface area contributed by atoms with Crippen LogP contribution in [0.2, 0.25) is 0 Å². The predicted molar refractivity (Wildman–Crippen MR) is 301 cm³/mol. The van der Waals surface area contributed by atoms with Gasteiger partial charge in [-0.25, -0.2) is 0 Å². The van der Waals surface area contributed by atoms with E-state index < -0.39 is 0 Å². The van der Waals surface area contributed by atoms with E-state index in [2.05, 4.69) is 98.8 Å². The number of phenolic OH excluding ortho intramolecular Hbond substituents is 2. The molecule has 6 aliphatic rings. The normalized spacial score (nSPS) is 19.0. The van der Waals surface area contributed by atoms with Gasteiger partial charge in [0.05, 0.1) is 0 Å². The largest absolute Gasteiger partial charge is 0.507 e. The summed E-state index contributed by atoms with van der Waals surface area (Å²) in [7, 11) is 0. The lowest BCUT2D eigenvalue weighted by molar-refractivity contribution is 0.0256. The molecule has 0 saturated heterocycles. The first kappa shape index (κ1) is 48.5. The van der Waals surface area contributed by atoms with Gasteiger partial charge in [0.2, 0.25) is 0 Å². The number of aromatic hydroxyl groups is 2. The minimum Gasteiger partial charge on any atom is -0.507 e. The molecule has 0 bridgehead atoms. The molecule has 12 rings (SSSR count). The van der Waals surface area contributed by atoms with Gasteiger partial charge < -0.3 is 19.7 Å². The fourth-order valence-electron chi connectivity index (χ4n) is 15.1. The lowest BCUT2D eigenvalue weighted by atomic mass is 9.76. The summed E-state index contributed by atoms with van der Waals surface area (Å²) in [6.45, 7) is 4.40. The maximum atomic E-state index is 12.8. The highest BCUT2D eigenvalue weighted by molar-refractivity contribution is 5.90. The molecule has 6 aliphatic carbocycles. The molecule has 4 nitrogen and oxygen atoms in total. The summed E-state index contributed by atoms with van der Waals surface area (Å²) >= 11 is 0. The number of hydrogen-bond donors (Lipinski definition) is 2. The van der Waals surface area contributed by atoms with Crippen molar-refractivity contribution in [2.45, 2.75) is 199 Å². The molecule has 2 N–H and O–H groups in total. The van der Waals surface area contributed by atoms with Crippen LogP contribution >= 0.6 is 0 Å². The zero-order chi connectivity index (χ0) is 49.4. The van der Waals surface area contributed by atoms with Crippen molar-refractivity contribution in [1.82, 2.24) is 0 Å². The Morgan fingerprint density at radius 2 is 0.712 bits per heavy atom. The van der Waals surface area contributed by atoms with Gasteiger partial charge >= 0.3 is 0 Å². The number of phenols is 2. The second-order valence-electron chi connectivity index (χ2n) is 23.6. The number of aryl methyl sites for hydroxylation is 6. The number of ether oxygens (including phenoxy) is 2. The maximum absolute atomic E-state index is 12.8. The minimum atomic E-state index is -0.0606. The summed E-state index contributed by atoms with van der Waals surface area (Å²) in [5.74, 6) is 3.29. The lowest BCUT2D eigenvalue weighted by Gasteiger charge is -2.37. The van der Waals surface area contributed by atoms with Crippen molar-refractivity contribution in [3.8, 4) is 67.5 Å². The van der Waals surface area contributed by atoms with Crippen molar-refractivity contribution in [2.75, 3.05) is 0 Å². The van der Waals surface area contributed by atoms with Gasteiger partial charge in [0, 0.05) is 39.8 Å². The molecule has 0 amide bonds. The first-order chi connectivity index (χ1) is 35.9. The molecule has 0 aliphatic heterocycles. The van der Waals surface area contributed by atoms with Crippen molar-refractivity contribution in [3.63, 3.8) is 0 Å². The molecule has 73 heavy (non-hydrogen) atoms. The van der Waals surface area contributed by atoms with E-state index in [1.807, 2.05) is 0 Å². The van der Waals surface area contributed by atoms with Crippen LogP contribution in [0, 0.1) is 25.7 Å².